The fourth-order valence-electron chi connectivity index (χ4n) is 7.44. The Morgan fingerprint density at radius 2 is 1.02 bits per heavy atom. The summed E-state index contributed by atoms with van der Waals surface area (Å²) < 4.78 is 11.5. The Morgan fingerprint density at radius 3 is 1.45 bits per heavy atom. The van der Waals surface area contributed by atoms with Gasteiger partial charge in [-0.2, -0.15) is 0 Å². The Bertz CT molecular complexity index is 1060. The molecule has 1 rings (SSSR count). The first kappa shape index (κ1) is 54.7. The summed E-state index contributed by atoms with van der Waals surface area (Å²) in [5, 5.41) is 67.0. The summed E-state index contributed by atoms with van der Waals surface area (Å²) in [6.07, 6.45) is 24.8. The van der Waals surface area contributed by atoms with Crippen LogP contribution in [0.3, 0.4) is 0 Å². The van der Waals surface area contributed by atoms with Gasteiger partial charge in [0.15, 0.2) is 16.5 Å². The smallest absolute Gasteiger partial charge is 0.216 e. The van der Waals surface area contributed by atoms with E-state index in [1.165, 1.54) is 135 Å². The molecule has 1 aliphatic heterocycles. The maximum Gasteiger partial charge on any atom is 0.216 e. The van der Waals surface area contributed by atoms with E-state index in [0.29, 0.717) is 28.8 Å². The zero-order valence-electron chi connectivity index (χ0n) is 37.1. The molecule has 1 heterocycles. The van der Waals surface area contributed by atoms with Crippen LogP contribution < -0.4 is 21.3 Å². The van der Waals surface area contributed by atoms with Gasteiger partial charge >= 0.3 is 0 Å². The summed E-state index contributed by atoms with van der Waals surface area (Å²) in [7, 11) is 0. The molecule has 342 valence electrons. The number of thiocarbonyl (C=S) groups is 2. The number of ether oxygens (including phenoxy) is 2. The molecule has 4 unspecified atom stereocenters. The molecule has 0 aromatic carbocycles. The molecule has 1 saturated heterocycles. The van der Waals surface area contributed by atoms with Crippen LogP contribution in [0.2, 0.25) is 0 Å². The molecular weight excluding hydrogens is 773 g/mol. The average molecular weight is 861 g/mol. The quantitative estimate of drug-likeness (QED) is 0.0127. The molecule has 58 heavy (non-hydrogen) atoms. The maximum atomic E-state index is 10.9. The minimum Gasteiger partial charge on any atom is -0.507 e. The number of hydrogen-bond acceptors (Lipinski definition) is 9. The SMILES string of the molecule is CCCCCCCCCCCCCCNC(=S)NCC[C@@H](C)C(C)=C(O)[C@H](O)OC1OC(CNC(=S)NCCCCCCCCCCCCCC)[C@@H](CO)C(O)C1O. The summed E-state index contributed by atoms with van der Waals surface area (Å²) in [6, 6.07) is 0. The van der Waals surface area contributed by atoms with Crippen LogP contribution in [0.1, 0.15) is 188 Å². The second-order valence-corrected chi connectivity index (χ2v) is 17.5. The molecule has 1 aliphatic rings. The lowest BCUT2D eigenvalue weighted by atomic mass is 9.89. The van der Waals surface area contributed by atoms with Crippen molar-refractivity contribution in [1.29, 1.82) is 0 Å². The van der Waals surface area contributed by atoms with Crippen molar-refractivity contribution in [3.05, 3.63) is 11.3 Å². The molecule has 0 saturated carbocycles. The van der Waals surface area contributed by atoms with Gasteiger partial charge in [-0.1, -0.05) is 162 Å². The molecule has 0 aromatic rings. The standard InChI is InChI=1S/C45H88N4O7S2/c1-5-7-9-11-13-15-17-19-21-23-25-27-30-46-44(57)48-32-29-35(3)36(4)39(51)42(54)56-43-41(53)40(52)37(34-50)38(55-43)33-49-45(58)47-31-28-26-24-22-20-18-16-14-12-10-8-6-2/h35,37-38,40-43,50-54H,5-34H2,1-4H3,(H2,46,48,57)(H2,47,49,58)/t35-,37-,38?,40?,41?,42-,43?/m1/s1. The lowest BCUT2D eigenvalue weighted by molar-refractivity contribution is -0.319. The predicted octanol–water partition coefficient (Wildman–Crippen LogP) is 8.57. The van der Waals surface area contributed by atoms with Gasteiger partial charge < -0.3 is 56.3 Å². The van der Waals surface area contributed by atoms with Crippen molar-refractivity contribution < 1.29 is 35.0 Å². The lowest BCUT2D eigenvalue weighted by Crippen LogP contribution is -2.59. The monoisotopic (exact) mass is 861 g/mol. The molecule has 7 atom stereocenters. The minimum absolute atomic E-state index is 0.119. The highest BCUT2D eigenvalue weighted by Crippen LogP contribution is 2.29. The summed E-state index contributed by atoms with van der Waals surface area (Å²) >= 11 is 10.9. The normalized spacial score (nSPS) is 20.9. The lowest BCUT2D eigenvalue weighted by Gasteiger charge is -2.42. The van der Waals surface area contributed by atoms with Crippen LogP contribution in [0.15, 0.2) is 11.3 Å². The van der Waals surface area contributed by atoms with Gasteiger partial charge in [0.1, 0.15) is 11.9 Å². The van der Waals surface area contributed by atoms with E-state index in [9.17, 15) is 25.5 Å². The summed E-state index contributed by atoms with van der Waals surface area (Å²) in [5.74, 6) is -1.32. The first-order chi connectivity index (χ1) is 28.1. The van der Waals surface area contributed by atoms with Crippen molar-refractivity contribution in [2.75, 3.05) is 32.8 Å². The van der Waals surface area contributed by atoms with E-state index < -0.39 is 43.4 Å². The molecule has 0 spiro atoms. The van der Waals surface area contributed by atoms with Crippen molar-refractivity contribution in [3.63, 3.8) is 0 Å². The molecule has 0 amide bonds. The van der Waals surface area contributed by atoms with E-state index in [0.717, 1.165) is 32.4 Å². The van der Waals surface area contributed by atoms with Gasteiger partial charge in [0.05, 0.1) is 18.8 Å². The van der Waals surface area contributed by atoms with Gasteiger partial charge in [0, 0.05) is 32.1 Å². The molecular formula is C45H88N4O7S2. The minimum atomic E-state index is -1.79. The van der Waals surface area contributed by atoms with Crippen LogP contribution in [0.4, 0.5) is 0 Å². The van der Waals surface area contributed by atoms with Gasteiger partial charge in [0.25, 0.3) is 0 Å². The summed E-state index contributed by atoms with van der Waals surface area (Å²) in [6.45, 7) is 10.0. The van der Waals surface area contributed by atoms with Crippen LogP contribution in [-0.2, 0) is 9.47 Å². The number of aliphatic hydroxyl groups is 5. The molecule has 1 fully saturated rings. The highest BCUT2D eigenvalue weighted by atomic mass is 32.1. The third-order valence-electron chi connectivity index (χ3n) is 11.7. The van der Waals surface area contributed by atoms with E-state index in [1.54, 1.807) is 6.92 Å². The zero-order valence-corrected chi connectivity index (χ0v) is 38.8. The number of allylic oxidation sites excluding steroid dienone is 1. The Morgan fingerprint density at radius 1 is 0.621 bits per heavy atom. The molecule has 0 radical (unpaired) electrons. The highest BCUT2D eigenvalue weighted by Gasteiger charge is 2.45. The summed E-state index contributed by atoms with van der Waals surface area (Å²) in [4.78, 5) is 0. The van der Waals surface area contributed by atoms with Crippen LogP contribution >= 0.6 is 24.4 Å². The average Bonchev–Trinajstić information content (AvgIpc) is 3.21. The predicted molar refractivity (Wildman–Crippen MR) is 247 cm³/mol. The van der Waals surface area contributed by atoms with E-state index in [1.807, 2.05) is 6.92 Å². The fourth-order valence-corrected chi connectivity index (χ4v) is 7.83. The van der Waals surface area contributed by atoms with Crippen molar-refractivity contribution in [2.24, 2.45) is 11.8 Å². The Balaban J connectivity index is 2.33. The second-order valence-electron chi connectivity index (χ2n) is 16.7. The molecule has 0 aliphatic carbocycles. The van der Waals surface area contributed by atoms with E-state index in [-0.39, 0.29) is 18.2 Å². The third kappa shape index (κ3) is 26.1. The fraction of sp³-hybridized carbons (Fsp3) is 0.911. The van der Waals surface area contributed by atoms with Gasteiger partial charge in [-0.15, -0.1) is 0 Å². The zero-order chi connectivity index (χ0) is 42.8. The van der Waals surface area contributed by atoms with Crippen LogP contribution in [0.25, 0.3) is 0 Å². The summed E-state index contributed by atoms with van der Waals surface area (Å²) in [5.41, 5.74) is 0.520. The molecule has 0 aromatic heterocycles. The number of rotatable bonds is 36. The number of unbranched alkanes of at least 4 members (excludes halogenated alkanes) is 22. The second kappa shape index (κ2) is 36.3. The van der Waals surface area contributed by atoms with Gasteiger partial charge in [-0.05, 0) is 62.1 Å². The molecule has 9 N–H and O–H groups in total. The third-order valence-corrected chi connectivity index (χ3v) is 12.2. The maximum absolute atomic E-state index is 10.9. The number of nitrogens with one attached hydrogen (secondary N) is 4. The highest BCUT2D eigenvalue weighted by molar-refractivity contribution is 7.80. The van der Waals surface area contributed by atoms with Crippen molar-refractivity contribution in [1.82, 2.24) is 21.3 Å². The van der Waals surface area contributed by atoms with E-state index >= 15 is 0 Å². The van der Waals surface area contributed by atoms with Crippen molar-refractivity contribution >= 4 is 34.7 Å². The van der Waals surface area contributed by atoms with Gasteiger partial charge in [-0.3, -0.25) is 0 Å². The Kier molecular flexibility index (Phi) is 34.3. The first-order valence-electron chi connectivity index (χ1n) is 23.5. The van der Waals surface area contributed by atoms with Crippen LogP contribution in [0, 0.1) is 11.8 Å². The molecule has 0 bridgehead atoms. The Hall–Kier alpha value is -1.32. The topological polar surface area (TPSA) is 168 Å². The van der Waals surface area contributed by atoms with Crippen LogP contribution in [-0.4, -0.2) is 99.4 Å². The van der Waals surface area contributed by atoms with Crippen molar-refractivity contribution in [3.8, 4) is 0 Å². The first-order valence-corrected chi connectivity index (χ1v) is 24.3. The van der Waals surface area contributed by atoms with E-state index in [4.69, 9.17) is 33.9 Å². The van der Waals surface area contributed by atoms with Crippen LogP contribution in [0.5, 0.6) is 0 Å². The van der Waals surface area contributed by atoms with Gasteiger partial charge in [-0.25, -0.2) is 0 Å². The molecule has 11 nitrogen and oxygen atoms in total. The molecule has 13 heteroatoms. The largest absolute Gasteiger partial charge is 0.507 e. The number of aliphatic hydroxyl groups excluding tert-OH is 5. The van der Waals surface area contributed by atoms with Gasteiger partial charge in [0.2, 0.25) is 6.29 Å². The Labute approximate surface area is 364 Å². The van der Waals surface area contributed by atoms with Crippen molar-refractivity contribution in [2.45, 2.75) is 219 Å². The number of hydrogen-bond donors (Lipinski definition) is 9. The van der Waals surface area contributed by atoms with E-state index in [2.05, 4.69) is 35.1 Å².